The van der Waals surface area contributed by atoms with Gasteiger partial charge in [-0.25, -0.2) is 14.8 Å². The molecule has 0 saturated heterocycles. The van der Waals surface area contributed by atoms with Gasteiger partial charge in [-0.1, -0.05) is 48.0 Å². The minimum atomic E-state index is -0.550. The van der Waals surface area contributed by atoms with Gasteiger partial charge in [0, 0.05) is 30.1 Å². The summed E-state index contributed by atoms with van der Waals surface area (Å²) >= 11 is 6.34. The van der Waals surface area contributed by atoms with Crippen LogP contribution in [0.15, 0.2) is 42.5 Å². The Balaban J connectivity index is 1.46. The molecule has 0 amide bonds. The molecule has 7 heteroatoms. The molecule has 1 aliphatic carbocycles. The Morgan fingerprint density at radius 1 is 1.11 bits per heavy atom. The molecule has 0 spiro atoms. The number of aromatic nitrogens is 2. The molecule has 0 atom stereocenters. The third kappa shape index (κ3) is 3.87. The van der Waals surface area contributed by atoms with Crippen molar-refractivity contribution in [2.75, 3.05) is 30.8 Å². The number of carbonyl (C=O) groups excluding carboxylic acids is 1. The maximum absolute atomic E-state index is 12.0. The average Bonchev–Trinajstić information content (AvgIpc) is 3.57. The molecule has 1 heterocycles. The van der Waals surface area contributed by atoms with Crippen LogP contribution in [0.3, 0.4) is 0 Å². The van der Waals surface area contributed by atoms with Crippen LogP contribution >= 0.6 is 11.6 Å². The lowest BCUT2D eigenvalue weighted by Gasteiger charge is -2.13. The molecule has 4 rings (SSSR count). The van der Waals surface area contributed by atoms with E-state index in [1.165, 1.54) is 17.9 Å². The van der Waals surface area contributed by atoms with Gasteiger partial charge in [0.2, 0.25) is 0 Å². The van der Waals surface area contributed by atoms with Crippen LogP contribution in [0.25, 0.3) is 10.8 Å². The summed E-state index contributed by atoms with van der Waals surface area (Å²) in [5, 5.41) is 9.22. The van der Waals surface area contributed by atoms with Gasteiger partial charge in [0.15, 0.2) is 5.69 Å². The molecule has 0 aliphatic heterocycles. The Morgan fingerprint density at radius 3 is 2.64 bits per heavy atom. The number of hydrogen-bond donors (Lipinski definition) is 2. The molecule has 0 bridgehead atoms. The minimum absolute atomic E-state index is 0.116. The molecule has 1 aliphatic rings. The first-order valence-corrected chi connectivity index (χ1v) is 9.66. The number of esters is 1. The zero-order valence-electron chi connectivity index (χ0n) is 15.5. The number of fused-ring (bicyclic) bond motifs is 1. The SMILES string of the molecule is COC(=O)c1nc(C2CC2)nc(NCCNc2cccc3ccccc23)c1Cl. The first kappa shape index (κ1) is 18.5. The van der Waals surface area contributed by atoms with Crippen molar-refractivity contribution in [3.05, 3.63) is 59.0 Å². The molecule has 0 radical (unpaired) electrons. The predicted octanol–water partition coefficient (Wildman–Crippen LogP) is 4.47. The van der Waals surface area contributed by atoms with Gasteiger partial charge in [-0.15, -0.1) is 0 Å². The number of halogens is 1. The molecule has 3 aromatic rings. The highest BCUT2D eigenvalue weighted by atomic mass is 35.5. The van der Waals surface area contributed by atoms with E-state index in [0.717, 1.165) is 18.5 Å². The summed E-state index contributed by atoms with van der Waals surface area (Å²) in [6, 6.07) is 14.4. The molecule has 144 valence electrons. The lowest BCUT2D eigenvalue weighted by atomic mass is 10.1. The first-order chi connectivity index (χ1) is 13.7. The van der Waals surface area contributed by atoms with Crippen molar-refractivity contribution in [1.29, 1.82) is 0 Å². The summed E-state index contributed by atoms with van der Waals surface area (Å²) in [5.74, 6) is 0.870. The third-order valence-electron chi connectivity index (χ3n) is 4.71. The largest absolute Gasteiger partial charge is 0.464 e. The minimum Gasteiger partial charge on any atom is -0.464 e. The highest BCUT2D eigenvalue weighted by Crippen LogP contribution is 2.39. The number of rotatable bonds is 7. The van der Waals surface area contributed by atoms with Crippen molar-refractivity contribution >= 4 is 39.8 Å². The lowest BCUT2D eigenvalue weighted by molar-refractivity contribution is 0.0593. The van der Waals surface area contributed by atoms with E-state index < -0.39 is 5.97 Å². The third-order valence-corrected chi connectivity index (χ3v) is 5.07. The number of ether oxygens (including phenoxy) is 1. The maximum atomic E-state index is 12.0. The normalized spacial score (nSPS) is 13.4. The summed E-state index contributed by atoms with van der Waals surface area (Å²) < 4.78 is 4.80. The summed E-state index contributed by atoms with van der Waals surface area (Å²) in [6.07, 6.45) is 2.06. The second-order valence-corrected chi connectivity index (χ2v) is 7.12. The molecule has 2 aromatic carbocycles. The fourth-order valence-electron chi connectivity index (χ4n) is 3.10. The van der Waals surface area contributed by atoms with Crippen LogP contribution in [0.2, 0.25) is 5.02 Å². The van der Waals surface area contributed by atoms with E-state index in [0.29, 0.717) is 30.6 Å². The number of nitrogens with one attached hydrogen (secondary N) is 2. The van der Waals surface area contributed by atoms with Gasteiger partial charge < -0.3 is 15.4 Å². The number of carbonyl (C=O) groups is 1. The van der Waals surface area contributed by atoms with Crippen LogP contribution in [-0.4, -0.2) is 36.1 Å². The van der Waals surface area contributed by atoms with Crippen LogP contribution in [0.1, 0.15) is 35.1 Å². The van der Waals surface area contributed by atoms with Crippen molar-refractivity contribution in [1.82, 2.24) is 9.97 Å². The van der Waals surface area contributed by atoms with Gasteiger partial charge in [-0.05, 0) is 24.3 Å². The Hall–Kier alpha value is -2.86. The predicted molar refractivity (Wildman–Crippen MR) is 111 cm³/mol. The Labute approximate surface area is 168 Å². The smallest absolute Gasteiger partial charge is 0.358 e. The van der Waals surface area contributed by atoms with Crippen LogP contribution in [0.5, 0.6) is 0 Å². The van der Waals surface area contributed by atoms with E-state index in [9.17, 15) is 4.79 Å². The fraction of sp³-hybridized carbons (Fsp3) is 0.286. The second kappa shape index (κ2) is 8.02. The monoisotopic (exact) mass is 396 g/mol. The lowest BCUT2D eigenvalue weighted by Crippen LogP contribution is -2.17. The molecular weight excluding hydrogens is 376 g/mol. The Bertz CT molecular complexity index is 1020. The number of anilines is 2. The average molecular weight is 397 g/mol. The van der Waals surface area contributed by atoms with E-state index >= 15 is 0 Å². The number of benzene rings is 2. The van der Waals surface area contributed by atoms with Crippen molar-refractivity contribution in [3.8, 4) is 0 Å². The zero-order chi connectivity index (χ0) is 19.5. The number of hydrogen-bond acceptors (Lipinski definition) is 6. The van der Waals surface area contributed by atoms with Crippen molar-refractivity contribution in [2.24, 2.45) is 0 Å². The second-order valence-electron chi connectivity index (χ2n) is 6.74. The van der Waals surface area contributed by atoms with Gasteiger partial charge in [0.05, 0.1) is 7.11 Å². The molecule has 1 saturated carbocycles. The molecular formula is C21H21ClN4O2. The van der Waals surface area contributed by atoms with Crippen LogP contribution in [0.4, 0.5) is 11.5 Å². The first-order valence-electron chi connectivity index (χ1n) is 9.28. The summed E-state index contributed by atoms with van der Waals surface area (Å²) in [6.45, 7) is 1.26. The Morgan fingerprint density at radius 2 is 1.86 bits per heavy atom. The van der Waals surface area contributed by atoms with Crippen molar-refractivity contribution in [2.45, 2.75) is 18.8 Å². The Kier molecular flexibility index (Phi) is 5.30. The number of methoxy groups -OCH3 is 1. The molecule has 28 heavy (non-hydrogen) atoms. The molecule has 6 nitrogen and oxygen atoms in total. The van der Waals surface area contributed by atoms with Gasteiger partial charge >= 0.3 is 5.97 Å². The van der Waals surface area contributed by atoms with Gasteiger partial charge in [0.25, 0.3) is 0 Å². The van der Waals surface area contributed by atoms with E-state index in [4.69, 9.17) is 16.3 Å². The molecule has 1 aromatic heterocycles. The molecule has 0 unspecified atom stereocenters. The van der Waals surface area contributed by atoms with Gasteiger partial charge in [-0.3, -0.25) is 0 Å². The van der Waals surface area contributed by atoms with Crippen LogP contribution < -0.4 is 10.6 Å². The molecule has 1 fully saturated rings. The highest BCUT2D eigenvalue weighted by Gasteiger charge is 2.30. The van der Waals surface area contributed by atoms with E-state index in [-0.39, 0.29) is 10.7 Å². The summed E-state index contributed by atoms with van der Waals surface area (Å²) in [4.78, 5) is 20.8. The summed E-state index contributed by atoms with van der Waals surface area (Å²) in [7, 11) is 1.32. The van der Waals surface area contributed by atoms with Crippen molar-refractivity contribution < 1.29 is 9.53 Å². The van der Waals surface area contributed by atoms with E-state index in [1.807, 2.05) is 18.2 Å². The van der Waals surface area contributed by atoms with Crippen LogP contribution in [0, 0.1) is 0 Å². The van der Waals surface area contributed by atoms with E-state index in [1.54, 1.807) is 0 Å². The van der Waals surface area contributed by atoms with E-state index in [2.05, 4.69) is 44.9 Å². The van der Waals surface area contributed by atoms with Gasteiger partial charge in [0.1, 0.15) is 16.7 Å². The standard InChI is InChI=1S/C21H21ClN4O2/c1-28-21(27)18-17(22)20(26-19(25-18)14-9-10-14)24-12-11-23-16-8-4-6-13-5-2-3-7-15(13)16/h2-8,14,23H,9-12H2,1H3,(H,24,25,26). The van der Waals surface area contributed by atoms with Crippen molar-refractivity contribution in [3.63, 3.8) is 0 Å². The quantitative estimate of drug-likeness (QED) is 0.453. The fourth-order valence-corrected chi connectivity index (χ4v) is 3.32. The maximum Gasteiger partial charge on any atom is 0.358 e. The zero-order valence-corrected chi connectivity index (χ0v) is 16.3. The molecule has 2 N–H and O–H groups in total. The number of nitrogens with zero attached hydrogens (tertiary/aromatic N) is 2. The summed E-state index contributed by atoms with van der Waals surface area (Å²) in [5.41, 5.74) is 1.19. The highest BCUT2D eigenvalue weighted by molar-refractivity contribution is 6.35. The van der Waals surface area contributed by atoms with Gasteiger partial charge in [-0.2, -0.15) is 0 Å². The van der Waals surface area contributed by atoms with Crippen LogP contribution in [-0.2, 0) is 4.74 Å². The topological polar surface area (TPSA) is 76.1 Å².